The summed E-state index contributed by atoms with van der Waals surface area (Å²) in [4.78, 5) is 0. The van der Waals surface area contributed by atoms with Gasteiger partial charge in [-0.1, -0.05) is 6.08 Å². The van der Waals surface area contributed by atoms with Crippen LogP contribution in [0.25, 0.3) is 0 Å². The fraction of sp³-hybridized carbons (Fsp3) is 0.714. The van der Waals surface area contributed by atoms with Crippen LogP contribution < -0.4 is 0 Å². The highest BCUT2D eigenvalue weighted by Gasteiger charge is 2.37. The largest absolute Gasteiger partial charge is 0.381 e. The van der Waals surface area contributed by atoms with E-state index in [2.05, 4.69) is 0 Å². The van der Waals surface area contributed by atoms with Crippen LogP contribution in [0.15, 0.2) is 11.6 Å². The Morgan fingerprint density at radius 1 is 1.67 bits per heavy atom. The zero-order valence-corrected chi connectivity index (χ0v) is 5.85. The molecule has 0 unspecified atom stereocenters. The standard InChI is InChI=1S/C7H12O2/c1-3-6(2)7(8)4-9-5-7/h3,8H,4-5H2,1-2H3/b6-3+. The summed E-state index contributed by atoms with van der Waals surface area (Å²) in [5.41, 5.74) is 0.378. The van der Waals surface area contributed by atoms with E-state index < -0.39 is 5.60 Å². The van der Waals surface area contributed by atoms with Crippen molar-refractivity contribution in [1.29, 1.82) is 0 Å². The van der Waals surface area contributed by atoms with Crippen molar-refractivity contribution in [1.82, 2.24) is 0 Å². The average molecular weight is 128 g/mol. The molecule has 0 bridgehead atoms. The molecule has 0 saturated carbocycles. The molecule has 1 aliphatic heterocycles. The van der Waals surface area contributed by atoms with Gasteiger partial charge in [0, 0.05) is 0 Å². The SMILES string of the molecule is C/C=C(\C)C1(O)COC1. The molecule has 1 fully saturated rings. The lowest BCUT2D eigenvalue weighted by molar-refractivity contribution is -0.154. The predicted molar refractivity (Wildman–Crippen MR) is 35.2 cm³/mol. The van der Waals surface area contributed by atoms with Crippen molar-refractivity contribution in [2.75, 3.05) is 13.2 Å². The average Bonchev–Trinajstić information content (AvgIpc) is 1.81. The second-order valence-electron chi connectivity index (χ2n) is 2.50. The molecule has 0 aliphatic carbocycles. The minimum Gasteiger partial charge on any atom is -0.381 e. The Balaban J connectivity index is 2.59. The first-order valence-electron chi connectivity index (χ1n) is 3.12. The monoisotopic (exact) mass is 128 g/mol. The van der Waals surface area contributed by atoms with Gasteiger partial charge >= 0.3 is 0 Å². The Hall–Kier alpha value is -0.340. The summed E-state index contributed by atoms with van der Waals surface area (Å²) in [6, 6.07) is 0. The van der Waals surface area contributed by atoms with Crippen LogP contribution in [-0.2, 0) is 4.74 Å². The molecule has 2 heteroatoms. The summed E-state index contributed by atoms with van der Waals surface area (Å²) < 4.78 is 4.87. The van der Waals surface area contributed by atoms with Crippen LogP contribution in [0.4, 0.5) is 0 Å². The summed E-state index contributed by atoms with van der Waals surface area (Å²) in [6.45, 7) is 4.76. The summed E-state index contributed by atoms with van der Waals surface area (Å²) >= 11 is 0. The number of hydrogen-bond acceptors (Lipinski definition) is 2. The number of rotatable bonds is 1. The van der Waals surface area contributed by atoms with Crippen molar-refractivity contribution in [3.8, 4) is 0 Å². The number of hydrogen-bond donors (Lipinski definition) is 1. The molecule has 1 saturated heterocycles. The van der Waals surface area contributed by atoms with E-state index in [0.29, 0.717) is 13.2 Å². The number of ether oxygens (including phenoxy) is 1. The van der Waals surface area contributed by atoms with E-state index in [4.69, 9.17) is 4.74 Å². The van der Waals surface area contributed by atoms with Crippen LogP contribution in [-0.4, -0.2) is 23.9 Å². The first-order chi connectivity index (χ1) is 4.19. The van der Waals surface area contributed by atoms with Gasteiger partial charge in [0.2, 0.25) is 0 Å². The van der Waals surface area contributed by atoms with E-state index in [-0.39, 0.29) is 0 Å². The van der Waals surface area contributed by atoms with E-state index in [1.165, 1.54) is 0 Å². The van der Waals surface area contributed by atoms with Crippen molar-refractivity contribution in [3.63, 3.8) is 0 Å². The van der Waals surface area contributed by atoms with Crippen LogP contribution in [0.3, 0.4) is 0 Å². The van der Waals surface area contributed by atoms with Crippen LogP contribution in [0.2, 0.25) is 0 Å². The van der Waals surface area contributed by atoms with Gasteiger partial charge in [-0.05, 0) is 19.4 Å². The predicted octanol–water partition coefficient (Wildman–Crippen LogP) is 0.714. The molecule has 1 heterocycles. The Morgan fingerprint density at radius 3 is 2.33 bits per heavy atom. The normalized spacial score (nSPS) is 25.4. The highest BCUT2D eigenvalue weighted by molar-refractivity contribution is 5.16. The van der Waals surface area contributed by atoms with Crippen molar-refractivity contribution in [2.24, 2.45) is 0 Å². The lowest BCUT2D eigenvalue weighted by atomic mass is 9.93. The van der Waals surface area contributed by atoms with Gasteiger partial charge in [0.25, 0.3) is 0 Å². The van der Waals surface area contributed by atoms with Gasteiger partial charge in [0.15, 0.2) is 0 Å². The van der Waals surface area contributed by atoms with Gasteiger partial charge in [-0.2, -0.15) is 0 Å². The molecular formula is C7H12O2. The van der Waals surface area contributed by atoms with E-state index in [1.54, 1.807) is 0 Å². The Morgan fingerprint density at radius 2 is 2.22 bits per heavy atom. The van der Waals surface area contributed by atoms with Crippen LogP contribution in [0.1, 0.15) is 13.8 Å². The zero-order chi connectivity index (χ0) is 6.91. The lowest BCUT2D eigenvalue weighted by Gasteiger charge is -2.37. The molecule has 1 rings (SSSR count). The van der Waals surface area contributed by atoms with Gasteiger partial charge < -0.3 is 9.84 Å². The van der Waals surface area contributed by atoms with Crippen LogP contribution in [0.5, 0.6) is 0 Å². The maximum absolute atomic E-state index is 9.49. The quantitative estimate of drug-likeness (QED) is 0.527. The Bertz CT molecular complexity index is 134. The van der Waals surface area contributed by atoms with E-state index in [0.717, 1.165) is 5.57 Å². The minimum absolute atomic E-state index is 0.461. The summed E-state index contributed by atoms with van der Waals surface area (Å²) in [5, 5.41) is 9.49. The third-order valence-corrected chi connectivity index (χ3v) is 1.85. The van der Waals surface area contributed by atoms with Gasteiger partial charge in [-0.3, -0.25) is 0 Å². The molecule has 0 spiro atoms. The third kappa shape index (κ3) is 1.00. The molecule has 0 aromatic carbocycles. The molecule has 52 valence electrons. The van der Waals surface area contributed by atoms with Gasteiger partial charge in [0.1, 0.15) is 5.60 Å². The molecule has 1 aliphatic rings. The minimum atomic E-state index is -0.630. The van der Waals surface area contributed by atoms with Crippen molar-refractivity contribution in [3.05, 3.63) is 11.6 Å². The fourth-order valence-corrected chi connectivity index (χ4v) is 0.792. The lowest BCUT2D eigenvalue weighted by Crippen LogP contribution is -2.50. The second kappa shape index (κ2) is 2.12. The molecule has 9 heavy (non-hydrogen) atoms. The first-order valence-corrected chi connectivity index (χ1v) is 3.12. The Kier molecular flexibility index (Phi) is 1.60. The topological polar surface area (TPSA) is 29.5 Å². The van der Waals surface area contributed by atoms with Gasteiger partial charge in [-0.15, -0.1) is 0 Å². The smallest absolute Gasteiger partial charge is 0.132 e. The molecule has 0 radical (unpaired) electrons. The van der Waals surface area contributed by atoms with E-state index >= 15 is 0 Å². The molecule has 0 amide bonds. The molecule has 0 aromatic rings. The fourth-order valence-electron chi connectivity index (χ4n) is 0.792. The van der Waals surface area contributed by atoms with Crippen molar-refractivity contribution >= 4 is 0 Å². The highest BCUT2D eigenvalue weighted by Crippen LogP contribution is 2.24. The molecule has 0 atom stereocenters. The molecule has 1 N–H and O–H groups in total. The maximum Gasteiger partial charge on any atom is 0.132 e. The Labute approximate surface area is 55.1 Å². The first kappa shape index (κ1) is 6.78. The summed E-state index contributed by atoms with van der Waals surface area (Å²) in [5.74, 6) is 0. The van der Waals surface area contributed by atoms with Crippen molar-refractivity contribution in [2.45, 2.75) is 19.4 Å². The van der Waals surface area contributed by atoms with Crippen LogP contribution >= 0.6 is 0 Å². The van der Waals surface area contributed by atoms with Crippen LogP contribution in [0, 0.1) is 0 Å². The van der Waals surface area contributed by atoms with E-state index in [9.17, 15) is 5.11 Å². The van der Waals surface area contributed by atoms with Gasteiger partial charge in [-0.25, -0.2) is 0 Å². The summed E-state index contributed by atoms with van der Waals surface area (Å²) in [6.07, 6.45) is 1.92. The number of allylic oxidation sites excluding steroid dienone is 1. The summed E-state index contributed by atoms with van der Waals surface area (Å²) in [7, 11) is 0. The molecule has 2 nitrogen and oxygen atoms in total. The van der Waals surface area contributed by atoms with Gasteiger partial charge in [0.05, 0.1) is 13.2 Å². The molecular weight excluding hydrogens is 116 g/mol. The third-order valence-electron chi connectivity index (χ3n) is 1.85. The number of aliphatic hydroxyl groups is 1. The zero-order valence-electron chi connectivity index (χ0n) is 5.85. The second-order valence-corrected chi connectivity index (χ2v) is 2.50. The van der Waals surface area contributed by atoms with E-state index in [1.807, 2.05) is 19.9 Å². The highest BCUT2D eigenvalue weighted by atomic mass is 16.5. The maximum atomic E-state index is 9.49. The molecule has 0 aromatic heterocycles. The van der Waals surface area contributed by atoms with Crippen molar-refractivity contribution < 1.29 is 9.84 Å².